The Morgan fingerprint density at radius 2 is 1.78 bits per heavy atom. The molecule has 8 heteroatoms. The zero-order valence-corrected chi connectivity index (χ0v) is 14.4. The number of carbonyl (C=O) groups excluding carboxylic acids is 2. The minimum Gasteiger partial charge on any atom is -0.378 e. The fourth-order valence-electron chi connectivity index (χ4n) is 2.27. The van der Waals surface area contributed by atoms with E-state index in [9.17, 15) is 9.59 Å². The van der Waals surface area contributed by atoms with Crippen LogP contribution < -0.4 is 5.32 Å². The smallest absolute Gasteiger partial charge is 0.238 e. The van der Waals surface area contributed by atoms with Gasteiger partial charge in [0.2, 0.25) is 11.8 Å². The van der Waals surface area contributed by atoms with Gasteiger partial charge in [0.25, 0.3) is 0 Å². The minimum atomic E-state index is -0.236. The van der Waals surface area contributed by atoms with Crippen molar-refractivity contribution in [3.63, 3.8) is 0 Å². The fourth-order valence-corrected chi connectivity index (χ4v) is 2.80. The van der Waals surface area contributed by atoms with E-state index in [0.29, 0.717) is 42.0 Å². The number of nitrogens with zero attached hydrogens (tertiary/aromatic N) is 2. The molecule has 2 rings (SSSR count). The van der Waals surface area contributed by atoms with Gasteiger partial charge in [0.05, 0.1) is 26.3 Å². The lowest BCUT2D eigenvalue weighted by atomic mass is 10.3. The van der Waals surface area contributed by atoms with Gasteiger partial charge in [0, 0.05) is 28.8 Å². The number of hydrogen-bond acceptors (Lipinski definition) is 4. The zero-order valence-electron chi connectivity index (χ0n) is 12.8. The van der Waals surface area contributed by atoms with E-state index in [4.69, 9.17) is 27.9 Å². The Hall–Kier alpha value is -1.34. The van der Waals surface area contributed by atoms with Crippen LogP contribution in [-0.4, -0.2) is 68.1 Å². The molecule has 1 saturated heterocycles. The zero-order chi connectivity index (χ0) is 16.8. The lowest BCUT2D eigenvalue weighted by molar-refractivity contribution is -0.136. The molecule has 1 aliphatic rings. The Labute approximate surface area is 145 Å². The highest BCUT2D eigenvalue weighted by Gasteiger charge is 2.19. The third kappa shape index (κ3) is 5.99. The number of morpholine rings is 1. The Balaban J connectivity index is 1.80. The Bertz CT molecular complexity index is 557. The van der Waals surface area contributed by atoms with Gasteiger partial charge in [-0.1, -0.05) is 23.2 Å². The number of likely N-dealkylation sites (N-methyl/N-ethyl adjacent to an activating group) is 1. The van der Waals surface area contributed by atoms with E-state index in [0.717, 1.165) is 0 Å². The second kappa shape index (κ2) is 8.49. The third-order valence-electron chi connectivity index (χ3n) is 3.33. The highest BCUT2D eigenvalue weighted by Crippen LogP contribution is 2.22. The Kier molecular flexibility index (Phi) is 6.65. The van der Waals surface area contributed by atoms with Crippen molar-refractivity contribution in [1.82, 2.24) is 9.80 Å². The van der Waals surface area contributed by atoms with Gasteiger partial charge in [-0.2, -0.15) is 0 Å². The number of rotatable bonds is 5. The van der Waals surface area contributed by atoms with Crippen molar-refractivity contribution < 1.29 is 14.3 Å². The summed E-state index contributed by atoms with van der Waals surface area (Å²) in [6.07, 6.45) is 0. The van der Waals surface area contributed by atoms with Crippen molar-refractivity contribution in [2.75, 3.05) is 51.8 Å². The number of ether oxygens (including phenoxy) is 1. The molecule has 126 valence electrons. The predicted octanol–water partition coefficient (Wildman–Crippen LogP) is 1.72. The molecule has 0 unspecified atom stereocenters. The molecule has 0 saturated carbocycles. The molecule has 0 radical (unpaired) electrons. The van der Waals surface area contributed by atoms with Crippen LogP contribution in [0.15, 0.2) is 18.2 Å². The van der Waals surface area contributed by atoms with Crippen molar-refractivity contribution in [3.05, 3.63) is 28.2 Å². The molecule has 0 aromatic heterocycles. The van der Waals surface area contributed by atoms with E-state index in [2.05, 4.69) is 5.32 Å². The first-order valence-electron chi connectivity index (χ1n) is 7.24. The van der Waals surface area contributed by atoms with Crippen LogP contribution in [0, 0.1) is 0 Å². The van der Waals surface area contributed by atoms with Crippen LogP contribution in [0.5, 0.6) is 0 Å². The maximum atomic E-state index is 12.1. The molecule has 2 amide bonds. The molecule has 6 nitrogen and oxygen atoms in total. The number of carbonyl (C=O) groups is 2. The molecule has 1 aromatic carbocycles. The van der Waals surface area contributed by atoms with Crippen molar-refractivity contribution in [3.8, 4) is 0 Å². The van der Waals surface area contributed by atoms with Gasteiger partial charge in [-0.3, -0.25) is 14.5 Å². The number of nitrogens with one attached hydrogen (secondary N) is 1. The SMILES string of the molecule is CN(CC(=O)Nc1cc(Cl)cc(Cl)c1)CC(=O)N1CCOCC1. The van der Waals surface area contributed by atoms with Crippen LogP contribution in [-0.2, 0) is 14.3 Å². The summed E-state index contributed by atoms with van der Waals surface area (Å²) in [6, 6.07) is 4.82. The summed E-state index contributed by atoms with van der Waals surface area (Å²) in [7, 11) is 1.73. The quantitative estimate of drug-likeness (QED) is 0.869. The Morgan fingerprint density at radius 3 is 2.39 bits per heavy atom. The molecule has 0 atom stereocenters. The molecule has 0 spiro atoms. The lowest BCUT2D eigenvalue weighted by Crippen LogP contribution is -2.46. The fraction of sp³-hybridized carbons (Fsp3) is 0.467. The summed E-state index contributed by atoms with van der Waals surface area (Å²) < 4.78 is 5.21. The predicted molar refractivity (Wildman–Crippen MR) is 90.0 cm³/mol. The average molecular weight is 360 g/mol. The molecule has 1 N–H and O–H groups in total. The van der Waals surface area contributed by atoms with E-state index in [1.54, 1.807) is 35.0 Å². The number of halogens is 2. The van der Waals surface area contributed by atoms with Crippen molar-refractivity contribution in [1.29, 1.82) is 0 Å². The van der Waals surface area contributed by atoms with Gasteiger partial charge in [-0.25, -0.2) is 0 Å². The van der Waals surface area contributed by atoms with Crippen molar-refractivity contribution >= 4 is 40.7 Å². The summed E-state index contributed by atoms with van der Waals surface area (Å²) >= 11 is 11.8. The van der Waals surface area contributed by atoms with Gasteiger partial charge in [0.15, 0.2) is 0 Å². The summed E-state index contributed by atoms with van der Waals surface area (Å²) in [6.45, 7) is 2.60. The van der Waals surface area contributed by atoms with E-state index >= 15 is 0 Å². The molecule has 23 heavy (non-hydrogen) atoms. The van der Waals surface area contributed by atoms with Gasteiger partial charge < -0.3 is 15.0 Å². The molecular formula is C15H19Cl2N3O3. The number of amides is 2. The first kappa shape index (κ1) is 18.0. The van der Waals surface area contributed by atoms with Crippen LogP contribution in [0.25, 0.3) is 0 Å². The molecule has 1 aromatic rings. The van der Waals surface area contributed by atoms with Crippen LogP contribution >= 0.6 is 23.2 Å². The topological polar surface area (TPSA) is 61.9 Å². The molecule has 0 bridgehead atoms. The normalized spacial score (nSPS) is 14.9. The molecular weight excluding hydrogens is 341 g/mol. The number of hydrogen-bond donors (Lipinski definition) is 1. The first-order valence-corrected chi connectivity index (χ1v) is 7.99. The van der Waals surface area contributed by atoms with Crippen LogP contribution in [0.3, 0.4) is 0 Å². The third-order valence-corrected chi connectivity index (χ3v) is 3.77. The number of benzene rings is 1. The van der Waals surface area contributed by atoms with E-state index in [-0.39, 0.29) is 24.9 Å². The first-order chi connectivity index (χ1) is 10.9. The van der Waals surface area contributed by atoms with Crippen molar-refractivity contribution in [2.24, 2.45) is 0 Å². The second-order valence-electron chi connectivity index (χ2n) is 5.37. The molecule has 1 heterocycles. The monoisotopic (exact) mass is 359 g/mol. The van der Waals surface area contributed by atoms with Crippen LogP contribution in [0.1, 0.15) is 0 Å². The van der Waals surface area contributed by atoms with Gasteiger partial charge in [-0.15, -0.1) is 0 Å². The van der Waals surface area contributed by atoms with Gasteiger partial charge in [0.1, 0.15) is 0 Å². The highest BCUT2D eigenvalue weighted by atomic mass is 35.5. The van der Waals surface area contributed by atoms with Crippen LogP contribution in [0.4, 0.5) is 5.69 Å². The lowest BCUT2D eigenvalue weighted by Gasteiger charge is -2.28. The molecule has 0 aliphatic carbocycles. The summed E-state index contributed by atoms with van der Waals surface area (Å²) in [5.74, 6) is -0.241. The minimum absolute atomic E-state index is 0.00519. The average Bonchev–Trinajstić information content (AvgIpc) is 2.46. The summed E-state index contributed by atoms with van der Waals surface area (Å²) in [5, 5.41) is 3.61. The van der Waals surface area contributed by atoms with Crippen LogP contribution in [0.2, 0.25) is 10.0 Å². The Morgan fingerprint density at radius 1 is 1.17 bits per heavy atom. The van der Waals surface area contributed by atoms with Gasteiger partial charge in [-0.05, 0) is 25.2 Å². The van der Waals surface area contributed by atoms with Crippen molar-refractivity contribution in [2.45, 2.75) is 0 Å². The maximum Gasteiger partial charge on any atom is 0.238 e. The maximum absolute atomic E-state index is 12.1. The van der Waals surface area contributed by atoms with Gasteiger partial charge >= 0.3 is 0 Å². The van der Waals surface area contributed by atoms with E-state index < -0.39 is 0 Å². The van der Waals surface area contributed by atoms with E-state index in [1.165, 1.54) is 0 Å². The summed E-state index contributed by atoms with van der Waals surface area (Å²) in [5.41, 5.74) is 0.528. The van der Waals surface area contributed by atoms with E-state index in [1.807, 2.05) is 0 Å². The standard InChI is InChI=1S/C15H19Cl2N3O3/c1-19(10-15(22)20-2-4-23-5-3-20)9-14(21)18-13-7-11(16)6-12(17)8-13/h6-8H,2-5,9-10H2,1H3,(H,18,21). The second-order valence-corrected chi connectivity index (χ2v) is 6.24. The largest absolute Gasteiger partial charge is 0.378 e. The number of anilines is 1. The molecule has 1 fully saturated rings. The highest BCUT2D eigenvalue weighted by molar-refractivity contribution is 6.35. The summed E-state index contributed by atoms with van der Waals surface area (Å²) in [4.78, 5) is 27.5. The molecule has 1 aliphatic heterocycles.